The summed E-state index contributed by atoms with van der Waals surface area (Å²) in [6.07, 6.45) is 1.28. The lowest BCUT2D eigenvalue weighted by Crippen LogP contribution is -2.58. The van der Waals surface area contributed by atoms with E-state index in [1.807, 2.05) is 0 Å². The minimum absolute atomic E-state index is 0.189. The van der Waals surface area contributed by atoms with Crippen LogP contribution in [0.5, 0.6) is 0 Å². The van der Waals surface area contributed by atoms with Crippen LogP contribution in [0.15, 0.2) is 0 Å². The van der Waals surface area contributed by atoms with Crippen molar-refractivity contribution < 1.29 is 0 Å². The third-order valence-electron chi connectivity index (χ3n) is 3.97. The lowest BCUT2D eigenvalue weighted by Gasteiger charge is -2.47. The second-order valence-corrected chi connectivity index (χ2v) is 6.47. The predicted molar refractivity (Wildman–Crippen MR) is 70.4 cm³/mol. The molecule has 0 amide bonds. The van der Waals surface area contributed by atoms with Crippen LogP contribution in [0.2, 0.25) is 0 Å². The Morgan fingerprint density at radius 3 is 2.67 bits per heavy atom. The molecule has 2 unspecified atom stereocenters. The van der Waals surface area contributed by atoms with Crippen molar-refractivity contribution >= 4 is 11.8 Å². The average molecular weight is 230 g/mol. The molecule has 2 N–H and O–H groups in total. The molecule has 2 nitrogen and oxygen atoms in total. The van der Waals surface area contributed by atoms with Crippen molar-refractivity contribution in [2.75, 3.05) is 25.4 Å². The summed E-state index contributed by atoms with van der Waals surface area (Å²) < 4.78 is 0. The van der Waals surface area contributed by atoms with Gasteiger partial charge in [-0.1, -0.05) is 20.8 Å². The van der Waals surface area contributed by atoms with Gasteiger partial charge in [-0.2, -0.15) is 11.8 Å². The van der Waals surface area contributed by atoms with Crippen molar-refractivity contribution in [3.05, 3.63) is 0 Å². The molecular formula is C12H26N2S. The van der Waals surface area contributed by atoms with Gasteiger partial charge in [-0.05, 0) is 19.3 Å². The normalized spacial score (nSPS) is 28.0. The van der Waals surface area contributed by atoms with Crippen LogP contribution >= 0.6 is 11.8 Å². The van der Waals surface area contributed by atoms with Gasteiger partial charge in [-0.3, -0.25) is 4.90 Å². The van der Waals surface area contributed by atoms with E-state index in [2.05, 4.69) is 44.4 Å². The largest absolute Gasteiger partial charge is 0.329 e. The topological polar surface area (TPSA) is 29.3 Å². The molecule has 1 saturated heterocycles. The summed E-state index contributed by atoms with van der Waals surface area (Å²) >= 11 is 2.12. The van der Waals surface area contributed by atoms with Gasteiger partial charge in [0.15, 0.2) is 0 Å². The summed E-state index contributed by atoms with van der Waals surface area (Å²) in [6.45, 7) is 12.4. The van der Waals surface area contributed by atoms with Gasteiger partial charge >= 0.3 is 0 Å². The number of nitrogens with zero attached hydrogens (tertiary/aromatic N) is 1. The van der Waals surface area contributed by atoms with E-state index in [0.29, 0.717) is 5.92 Å². The van der Waals surface area contributed by atoms with Crippen LogP contribution in [0.1, 0.15) is 34.1 Å². The number of rotatable bonds is 4. The minimum Gasteiger partial charge on any atom is -0.329 e. The molecule has 0 bridgehead atoms. The maximum Gasteiger partial charge on any atom is 0.0327 e. The van der Waals surface area contributed by atoms with Crippen LogP contribution in [-0.4, -0.2) is 41.1 Å². The highest BCUT2D eigenvalue weighted by Gasteiger charge is 2.36. The molecule has 15 heavy (non-hydrogen) atoms. The Kier molecular flexibility index (Phi) is 4.94. The number of nitrogens with two attached hydrogens (primary N) is 1. The van der Waals surface area contributed by atoms with E-state index in [1.165, 1.54) is 25.3 Å². The van der Waals surface area contributed by atoms with Gasteiger partial charge in [0.05, 0.1) is 0 Å². The first-order valence-corrected chi connectivity index (χ1v) is 7.16. The smallest absolute Gasteiger partial charge is 0.0327 e. The summed E-state index contributed by atoms with van der Waals surface area (Å²) in [6, 6.07) is 0. The Hall–Kier alpha value is 0.270. The first kappa shape index (κ1) is 13.3. The van der Waals surface area contributed by atoms with Gasteiger partial charge in [0.1, 0.15) is 0 Å². The zero-order valence-electron chi connectivity index (χ0n) is 10.6. The lowest BCUT2D eigenvalue weighted by molar-refractivity contribution is 0.0703. The van der Waals surface area contributed by atoms with Gasteiger partial charge in [0, 0.05) is 36.2 Å². The Morgan fingerprint density at radius 1 is 1.53 bits per heavy atom. The zero-order valence-corrected chi connectivity index (χ0v) is 11.4. The molecule has 2 atom stereocenters. The summed E-state index contributed by atoms with van der Waals surface area (Å²) in [5, 5.41) is 0.809. The predicted octanol–water partition coefficient (Wildman–Crippen LogP) is 2.19. The fourth-order valence-electron chi connectivity index (χ4n) is 2.16. The molecule has 1 heterocycles. The van der Waals surface area contributed by atoms with Gasteiger partial charge in [0.25, 0.3) is 0 Å². The van der Waals surface area contributed by atoms with Crippen molar-refractivity contribution in [1.29, 1.82) is 0 Å². The van der Waals surface area contributed by atoms with Crippen molar-refractivity contribution in [2.24, 2.45) is 11.7 Å². The molecule has 0 aromatic heterocycles. The maximum absolute atomic E-state index is 5.98. The first-order chi connectivity index (χ1) is 7.04. The van der Waals surface area contributed by atoms with Crippen molar-refractivity contribution in [1.82, 2.24) is 4.90 Å². The molecule has 0 saturated carbocycles. The van der Waals surface area contributed by atoms with E-state index in [4.69, 9.17) is 5.73 Å². The van der Waals surface area contributed by atoms with Crippen molar-refractivity contribution in [2.45, 2.75) is 44.9 Å². The Morgan fingerprint density at radius 2 is 2.20 bits per heavy atom. The number of thioether (sulfide) groups is 1. The second kappa shape index (κ2) is 5.55. The van der Waals surface area contributed by atoms with Crippen LogP contribution in [0, 0.1) is 5.92 Å². The molecule has 1 aliphatic rings. The number of hydrogen-bond acceptors (Lipinski definition) is 3. The summed E-state index contributed by atoms with van der Waals surface area (Å²) in [7, 11) is 0. The highest BCUT2D eigenvalue weighted by atomic mass is 32.2. The zero-order chi connectivity index (χ0) is 11.5. The Labute approximate surface area is 99.0 Å². The van der Waals surface area contributed by atoms with E-state index in [-0.39, 0.29) is 5.54 Å². The SMILES string of the molecule is CCC1CN(C(C)(CN)C(C)C)CCS1. The molecule has 0 aromatic rings. The van der Waals surface area contributed by atoms with Crippen molar-refractivity contribution in [3.63, 3.8) is 0 Å². The number of hydrogen-bond donors (Lipinski definition) is 1. The molecule has 1 rings (SSSR count). The molecule has 0 aromatic carbocycles. The van der Waals surface area contributed by atoms with Gasteiger partial charge < -0.3 is 5.73 Å². The molecule has 90 valence electrons. The molecule has 0 spiro atoms. The molecule has 0 aliphatic carbocycles. The van der Waals surface area contributed by atoms with Crippen LogP contribution in [0.25, 0.3) is 0 Å². The fraction of sp³-hybridized carbons (Fsp3) is 1.00. The van der Waals surface area contributed by atoms with Crippen LogP contribution in [0.3, 0.4) is 0 Å². The monoisotopic (exact) mass is 230 g/mol. The highest BCUT2D eigenvalue weighted by Crippen LogP contribution is 2.30. The van der Waals surface area contributed by atoms with Gasteiger partial charge in [-0.25, -0.2) is 0 Å². The maximum atomic E-state index is 5.98. The highest BCUT2D eigenvalue weighted by molar-refractivity contribution is 8.00. The quantitative estimate of drug-likeness (QED) is 0.803. The third kappa shape index (κ3) is 2.89. The van der Waals surface area contributed by atoms with E-state index in [0.717, 1.165) is 11.8 Å². The van der Waals surface area contributed by atoms with Crippen LogP contribution < -0.4 is 5.73 Å². The van der Waals surface area contributed by atoms with Crippen LogP contribution in [-0.2, 0) is 0 Å². The van der Waals surface area contributed by atoms with E-state index >= 15 is 0 Å². The summed E-state index contributed by atoms with van der Waals surface area (Å²) in [4.78, 5) is 2.61. The molecular weight excluding hydrogens is 204 g/mol. The second-order valence-electron chi connectivity index (χ2n) is 5.06. The van der Waals surface area contributed by atoms with Gasteiger partial charge in [0.2, 0.25) is 0 Å². The standard InChI is InChI=1S/C12H26N2S/c1-5-11-8-14(6-7-15-11)12(4,9-13)10(2)3/h10-11H,5-9,13H2,1-4H3. The lowest BCUT2D eigenvalue weighted by atomic mass is 9.86. The first-order valence-electron chi connectivity index (χ1n) is 6.11. The Balaban J connectivity index is 2.67. The molecule has 3 heteroatoms. The van der Waals surface area contributed by atoms with Gasteiger partial charge in [-0.15, -0.1) is 0 Å². The summed E-state index contributed by atoms with van der Waals surface area (Å²) in [5.74, 6) is 1.89. The molecule has 1 aliphatic heterocycles. The third-order valence-corrected chi connectivity index (χ3v) is 5.35. The van der Waals surface area contributed by atoms with E-state index in [9.17, 15) is 0 Å². The van der Waals surface area contributed by atoms with E-state index < -0.39 is 0 Å². The molecule has 1 fully saturated rings. The van der Waals surface area contributed by atoms with E-state index in [1.54, 1.807) is 0 Å². The molecule has 0 radical (unpaired) electrons. The van der Waals surface area contributed by atoms with Crippen LogP contribution in [0.4, 0.5) is 0 Å². The fourth-order valence-corrected chi connectivity index (χ4v) is 3.34. The summed E-state index contributed by atoms with van der Waals surface area (Å²) in [5.41, 5.74) is 6.17. The van der Waals surface area contributed by atoms with Crippen molar-refractivity contribution in [3.8, 4) is 0 Å². The minimum atomic E-state index is 0.189. The average Bonchev–Trinajstić information content (AvgIpc) is 2.27. The Bertz CT molecular complexity index is 196.